The number of hydrogen-bond acceptors (Lipinski definition) is 4. The number of rotatable bonds is 4. The molecule has 0 saturated carbocycles. The molecule has 0 amide bonds. The molecule has 1 aromatic heterocycles. The number of nitrogens with zero attached hydrogens (tertiary/aromatic N) is 1. The maximum atomic E-state index is 11.7. The molecule has 0 aliphatic carbocycles. The van der Waals surface area contributed by atoms with Crippen molar-refractivity contribution < 1.29 is 9.53 Å². The summed E-state index contributed by atoms with van der Waals surface area (Å²) in [5.41, 5.74) is 4.14. The molecule has 22 heavy (non-hydrogen) atoms. The fourth-order valence-electron chi connectivity index (χ4n) is 2.50. The minimum atomic E-state index is -0.288. The van der Waals surface area contributed by atoms with Crippen LogP contribution >= 0.6 is 0 Å². The van der Waals surface area contributed by atoms with Gasteiger partial charge in [0, 0.05) is 24.4 Å². The van der Waals surface area contributed by atoms with Gasteiger partial charge in [-0.2, -0.15) is 0 Å². The minimum absolute atomic E-state index is 0.206. The van der Waals surface area contributed by atoms with Crippen LogP contribution in [0.4, 0.5) is 0 Å². The second kappa shape index (κ2) is 6.43. The standard InChI is InChI=1S/C18H18N2O2/c1-2-22-18(21)17-10-15(12-20-17)14-8-9-16(19-11-14)13-6-4-3-5-7-13/h3-9,11-12,17,20H,2,10H2,1H3. The Morgan fingerprint density at radius 2 is 2.05 bits per heavy atom. The van der Waals surface area contributed by atoms with E-state index in [0.29, 0.717) is 13.0 Å². The lowest BCUT2D eigenvalue weighted by atomic mass is 10.0. The molecule has 112 valence electrons. The molecule has 2 heterocycles. The normalized spacial score (nSPS) is 16.8. The summed E-state index contributed by atoms with van der Waals surface area (Å²) in [7, 11) is 0. The van der Waals surface area contributed by atoms with Crippen LogP contribution in [0.25, 0.3) is 16.8 Å². The van der Waals surface area contributed by atoms with E-state index < -0.39 is 0 Å². The fraction of sp³-hybridized carbons (Fsp3) is 0.222. The first kappa shape index (κ1) is 14.3. The van der Waals surface area contributed by atoms with Gasteiger partial charge in [-0.15, -0.1) is 0 Å². The van der Waals surface area contributed by atoms with E-state index in [-0.39, 0.29) is 12.0 Å². The first-order valence-electron chi connectivity index (χ1n) is 7.41. The lowest BCUT2D eigenvalue weighted by Gasteiger charge is -2.09. The van der Waals surface area contributed by atoms with Gasteiger partial charge in [-0.25, -0.2) is 4.79 Å². The summed E-state index contributed by atoms with van der Waals surface area (Å²) in [6, 6.07) is 13.8. The van der Waals surface area contributed by atoms with Crippen molar-refractivity contribution in [3.63, 3.8) is 0 Å². The average molecular weight is 294 g/mol. The van der Waals surface area contributed by atoms with Gasteiger partial charge in [-0.1, -0.05) is 36.4 Å². The third-order valence-corrected chi connectivity index (χ3v) is 3.66. The largest absolute Gasteiger partial charge is 0.464 e. The summed E-state index contributed by atoms with van der Waals surface area (Å²) in [6.45, 7) is 2.22. The van der Waals surface area contributed by atoms with Crippen LogP contribution in [0.1, 0.15) is 18.9 Å². The Labute approximate surface area is 129 Å². The average Bonchev–Trinajstić information content (AvgIpc) is 3.06. The predicted octanol–water partition coefficient (Wildman–Crippen LogP) is 3.01. The van der Waals surface area contributed by atoms with Crippen molar-refractivity contribution in [3.8, 4) is 11.3 Å². The summed E-state index contributed by atoms with van der Waals surface area (Å²) in [5.74, 6) is -0.206. The summed E-state index contributed by atoms with van der Waals surface area (Å²) >= 11 is 0. The molecule has 0 saturated heterocycles. The second-order valence-electron chi connectivity index (χ2n) is 5.14. The van der Waals surface area contributed by atoms with Crippen molar-refractivity contribution in [1.82, 2.24) is 10.3 Å². The van der Waals surface area contributed by atoms with Gasteiger partial charge in [0.1, 0.15) is 6.04 Å². The molecule has 1 N–H and O–H groups in total. The number of carbonyl (C=O) groups excluding carboxylic acids is 1. The van der Waals surface area contributed by atoms with Gasteiger partial charge in [0.05, 0.1) is 12.3 Å². The Morgan fingerprint density at radius 3 is 2.73 bits per heavy atom. The van der Waals surface area contributed by atoms with Crippen molar-refractivity contribution in [1.29, 1.82) is 0 Å². The van der Waals surface area contributed by atoms with Gasteiger partial charge in [-0.3, -0.25) is 4.98 Å². The van der Waals surface area contributed by atoms with Crippen LogP contribution in [0.15, 0.2) is 54.9 Å². The maximum absolute atomic E-state index is 11.7. The Balaban J connectivity index is 1.71. The molecule has 0 bridgehead atoms. The lowest BCUT2D eigenvalue weighted by Crippen LogP contribution is -2.31. The first-order chi connectivity index (χ1) is 10.8. The lowest BCUT2D eigenvalue weighted by molar-refractivity contribution is -0.145. The number of carbonyl (C=O) groups is 1. The summed E-state index contributed by atoms with van der Waals surface area (Å²) in [6.07, 6.45) is 4.36. The molecule has 1 aromatic carbocycles. The van der Waals surface area contributed by atoms with E-state index in [2.05, 4.69) is 10.3 Å². The fourth-order valence-corrected chi connectivity index (χ4v) is 2.50. The van der Waals surface area contributed by atoms with Crippen LogP contribution in [-0.2, 0) is 9.53 Å². The van der Waals surface area contributed by atoms with Crippen LogP contribution < -0.4 is 5.32 Å². The summed E-state index contributed by atoms with van der Waals surface area (Å²) < 4.78 is 5.04. The molecular weight excluding hydrogens is 276 g/mol. The third-order valence-electron chi connectivity index (χ3n) is 3.66. The highest BCUT2D eigenvalue weighted by Crippen LogP contribution is 2.25. The Kier molecular flexibility index (Phi) is 4.19. The predicted molar refractivity (Wildman–Crippen MR) is 85.8 cm³/mol. The van der Waals surface area contributed by atoms with E-state index in [1.807, 2.05) is 61.8 Å². The highest BCUT2D eigenvalue weighted by atomic mass is 16.5. The SMILES string of the molecule is CCOC(=O)C1CC(c2ccc(-c3ccccc3)nc2)=CN1. The van der Waals surface area contributed by atoms with Crippen molar-refractivity contribution >= 4 is 11.5 Å². The molecular formula is C18H18N2O2. The summed E-state index contributed by atoms with van der Waals surface area (Å²) in [5, 5.41) is 3.07. The molecule has 1 aliphatic heterocycles. The highest BCUT2D eigenvalue weighted by molar-refractivity contribution is 5.82. The number of ether oxygens (including phenoxy) is 1. The smallest absolute Gasteiger partial charge is 0.328 e. The Hall–Kier alpha value is -2.62. The number of nitrogens with one attached hydrogen (secondary N) is 1. The van der Waals surface area contributed by atoms with Gasteiger partial charge in [-0.05, 0) is 24.1 Å². The maximum Gasteiger partial charge on any atom is 0.328 e. The van der Waals surface area contributed by atoms with E-state index in [9.17, 15) is 4.79 Å². The molecule has 1 unspecified atom stereocenters. The van der Waals surface area contributed by atoms with Crippen molar-refractivity contribution in [3.05, 3.63) is 60.4 Å². The molecule has 0 fully saturated rings. The van der Waals surface area contributed by atoms with E-state index >= 15 is 0 Å². The van der Waals surface area contributed by atoms with Crippen molar-refractivity contribution in [2.24, 2.45) is 0 Å². The molecule has 3 rings (SSSR count). The number of aromatic nitrogens is 1. The van der Waals surface area contributed by atoms with Gasteiger partial charge >= 0.3 is 5.97 Å². The van der Waals surface area contributed by atoms with E-state index in [1.54, 1.807) is 0 Å². The van der Waals surface area contributed by atoms with Crippen LogP contribution in [0.2, 0.25) is 0 Å². The number of esters is 1. The van der Waals surface area contributed by atoms with Crippen molar-refractivity contribution in [2.45, 2.75) is 19.4 Å². The van der Waals surface area contributed by atoms with Crippen LogP contribution in [0.3, 0.4) is 0 Å². The van der Waals surface area contributed by atoms with Gasteiger partial charge in [0.15, 0.2) is 0 Å². The zero-order chi connectivity index (χ0) is 15.4. The van der Waals surface area contributed by atoms with Crippen molar-refractivity contribution in [2.75, 3.05) is 6.61 Å². The Morgan fingerprint density at radius 1 is 1.23 bits per heavy atom. The molecule has 0 spiro atoms. The number of pyridine rings is 1. The zero-order valence-electron chi connectivity index (χ0n) is 12.5. The van der Waals surface area contributed by atoms with Crippen LogP contribution in [-0.4, -0.2) is 23.6 Å². The molecule has 4 nitrogen and oxygen atoms in total. The topological polar surface area (TPSA) is 51.2 Å². The molecule has 1 aliphatic rings. The molecule has 2 aromatic rings. The Bertz CT molecular complexity index is 678. The highest BCUT2D eigenvalue weighted by Gasteiger charge is 2.25. The monoisotopic (exact) mass is 294 g/mol. The molecule has 0 radical (unpaired) electrons. The number of benzene rings is 1. The van der Waals surface area contributed by atoms with E-state index in [4.69, 9.17) is 4.74 Å². The summed E-state index contributed by atoms with van der Waals surface area (Å²) in [4.78, 5) is 16.2. The molecule has 4 heteroatoms. The van der Waals surface area contributed by atoms with E-state index in [1.165, 1.54) is 0 Å². The van der Waals surface area contributed by atoms with Crippen LogP contribution in [0.5, 0.6) is 0 Å². The first-order valence-corrected chi connectivity index (χ1v) is 7.41. The number of hydrogen-bond donors (Lipinski definition) is 1. The quantitative estimate of drug-likeness (QED) is 0.881. The van der Waals surface area contributed by atoms with Gasteiger partial charge in [0.2, 0.25) is 0 Å². The van der Waals surface area contributed by atoms with Crippen LogP contribution in [0, 0.1) is 0 Å². The third kappa shape index (κ3) is 3.01. The van der Waals surface area contributed by atoms with E-state index in [0.717, 1.165) is 22.4 Å². The minimum Gasteiger partial charge on any atom is -0.464 e. The second-order valence-corrected chi connectivity index (χ2v) is 5.14. The zero-order valence-corrected chi connectivity index (χ0v) is 12.5. The molecule has 1 atom stereocenters. The van der Waals surface area contributed by atoms with Gasteiger partial charge in [0.25, 0.3) is 0 Å². The van der Waals surface area contributed by atoms with Gasteiger partial charge < -0.3 is 10.1 Å².